The molecule has 0 saturated carbocycles. The maximum Gasteiger partial charge on any atom is 0.410 e. The minimum atomic E-state index is -0.443. The van der Waals surface area contributed by atoms with Crippen LogP contribution in [0, 0.1) is 11.8 Å². The van der Waals surface area contributed by atoms with E-state index >= 15 is 0 Å². The lowest BCUT2D eigenvalue weighted by atomic mass is 10.0. The molecular formula is C24H30N2O3. The van der Waals surface area contributed by atoms with E-state index in [0.717, 1.165) is 37.5 Å². The Morgan fingerprint density at radius 2 is 1.66 bits per heavy atom. The van der Waals surface area contributed by atoms with Gasteiger partial charge in [-0.2, -0.15) is 0 Å². The number of hydrogen-bond donors (Lipinski definition) is 0. The van der Waals surface area contributed by atoms with Crippen LogP contribution in [0.5, 0.6) is 5.75 Å². The molecule has 2 atom stereocenters. The number of benzene rings is 2. The third kappa shape index (κ3) is 4.84. The number of hydrogen-bond acceptors (Lipinski definition) is 4. The van der Waals surface area contributed by atoms with E-state index in [9.17, 15) is 4.79 Å². The van der Waals surface area contributed by atoms with E-state index in [0.29, 0.717) is 18.4 Å². The highest BCUT2D eigenvalue weighted by molar-refractivity contribution is 5.68. The molecule has 0 N–H and O–H groups in total. The largest absolute Gasteiger partial charge is 0.489 e. The highest BCUT2D eigenvalue weighted by atomic mass is 16.6. The summed E-state index contributed by atoms with van der Waals surface area (Å²) in [4.78, 5) is 16.6. The summed E-state index contributed by atoms with van der Waals surface area (Å²) in [7, 11) is 0. The number of ether oxygens (including phenoxy) is 2. The summed E-state index contributed by atoms with van der Waals surface area (Å²) in [5.74, 6) is 1.88. The van der Waals surface area contributed by atoms with Crippen molar-refractivity contribution in [2.75, 3.05) is 31.1 Å². The van der Waals surface area contributed by atoms with Gasteiger partial charge in [0.25, 0.3) is 0 Å². The van der Waals surface area contributed by atoms with E-state index in [1.807, 2.05) is 49.9 Å². The molecule has 0 aromatic heterocycles. The van der Waals surface area contributed by atoms with Gasteiger partial charge >= 0.3 is 6.09 Å². The Morgan fingerprint density at radius 1 is 0.966 bits per heavy atom. The van der Waals surface area contributed by atoms with E-state index in [2.05, 4.69) is 35.2 Å². The first-order valence-electron chi connectivity index (χ1n) is 10.4. The Bertz CT molecular complexity index is 833. The first-order chi connectivity index (χ1) is 13.9. The molecule has 4 rings (SSSR count). The topological polar surface area (TPSA) is 42.0 Å². The van der Waals surface area contributed by atoms with Gasteiger partial charge < -0.3 is 19.3 Å². The van der Waals surface area contributed by atoms with E-state index in [1.54, 1.807) is 0 Å². The number of carbonyl (C=O) groups is 1. The van der Waals surface area contributed by atoms with Crippen molar-refractivity contribution in [2.45, 2.75) is 33.0 Å². The molecule has 0 bridgehead atoms. The summed E-state index contributed by atoms with van der Waals surface area (Å²) < 4.78 is 11.5. The summed E-state index contributed by atoms with van der Waals surface area (Å²) in [6, 6.07) is 18.5. The molecule has 2 heterocycles. The van der Waals surface area contributed by atoms with Crippen molar-refractivity contribution in [3.05, 3.63) is 60.2 Å². The second-order valence-electron chi connectivity index (χ2n) is 9.08. The maximum absolute atomic E-state index is 12.4. The summed E-state index contributed by atoms with van der Waals surface area (Å²) in [5, 5.41) is 0. The number of amides is 1. The monoisotopic (exact) mass is 394 g/mol. The fourth-order valence-corrected chi connectivity index (χ4v) is 4.19. The predicted octanol–water partition coefficient (Wildman–Crippen LogP) is 4.57. The average Bonchev–Trinajstić information content (AvgIpc) is 3.25. The van der Waals surface area contributed by atoms with Crippen LogP contribution in [0.3, 0.4) is 0 Å². The van der Waals surface area contributed by atoms with Crippen LogP contribution in [0.1, 0.15) is 26.3 Å². The molecule has 2 fully saturated rings. The minimum absolute atomic E-state index is 0.185. The molecular weight excluding hydrogens is 364 g/mol. The van der Waals surface area contributed by atoms with Gasteiger partial charge in [-0.3, -0.25) is 0 Å². The molecule has 5 nitrogen and oxygen atoms in total. The Hall–Kier alpha value is -2.69. The third-order valence-corrected chi connectivity index (χ3v) is 5.57. The first kappa shape index (κ1) is 19.6. The number of fused-ring (bicyclic) bond motifs is 1. The molecule has 2 aromatic carbocycles. The van der Waals surface area contributed by atoms with Crippen molar-refractivity contribution in [3.63, 3.8) is 0 Å². The summed E-state index contributed by atoms with van der Waals surface area (Å²) in [6.07, 6.45) is -0.185. The fraction of sp³-hybridized carbons (Fsp3) is 0.458. The third-order valence-electron chi connectivity index (χ3n) is 5.57. The van der Waals surface area contributed by atoms with Gasteiger partial charge in [0.15, 0.2) is 0 Å². The van der Waals surface area contributed by atoms with Gasteiger partial charge in [-0.15, -0.1) is 0 Å². The molecule has 2 aliphatic rings. The van der Waals surface area contributed by atoms with Crippen molar-refractivity contribution in [1.82, 2.24) is 4.90 Å². The highest BCUT2D eigenvalue weighted by Gasteiger charge is 2.42. The van der Waals surface area contributed by atoms with Crippen molar-refractivity contribution in [3.8, 4) is 5.75 Å². The second-order valence-corrected chi connectivity index (χ2v) is 9.08. The normalized spacial score (nSPS) is 21.2. The summed E-state index contributed by atoms with van der Waals surface area (Å²) >= 11 is 0. The maximum atomic E-state index is 12.4. The summed E-state index contributed by atoms with van der Waals surface area (Å²) in [6.45, 7) is 9.79. The van der Waals surface area contributed by atoms with Crippen LogP contribution in [0.25, 0.3) is 0 Å². The zero-order valence-corrected chi connectivity index (χ0v) is 17.5. The van der Waals surface area contributed by atoms with Crippen LogP contribution >= 0.6 is 0 Å². The van der Waals surface area contributed by atoms with Crippen molar-refractivity contribution in [1.29, 1.82) is 0 Å². The molecule has 2 unspecified atom stereocenters. The molecule has 2 aliphatic heterocycles. The minimum Gasteiger partial charge on any atom is -0.489 e. The van der Waals surface area contributed by atoms with Crippen molar-refractivity contribution >= 4 is 11.8 Å². The van der Waals surface area contributed by atoms with Crippen LogP contribution in [-0.2, 0) is 11.3 Å². The Morgan fingerprint density at radius 3 is 2.31 bits per heavy atom. The Labute approximate surface area is 173 Å². The molecule has 29 heavy (non-hydrogen) atoms. The van der Waals surface area contributed by atoms with Gasteiger partial charge in [0.1, 0.15) is 18.0 Å². The molecule has 0 spiro atoms. The van der Waals surface area contributed by atoms with Gasteiger partial charge in [0, 0.05) is 49.8 Å². The molecule has 2 aromatic rings. The second kappa shape index (κ2) is 7.97. The van der Waals surface area contributed by atoms with E-state index in [4.69, 9.17) is 9.47 Å². The van der Waals surface area contributed by atoms with Gasteiger partial charge in [-0.05, 0) is 38.5 Å². The number of nitrogens with zero attached hydrogens (tertiary/aromatic N) is 2. The quantitative estimate of drug-likeness (QED) is 0.762. The number of carbonyl (C=O) groups excluding carboxylic acids is 1. The SMILES string of the molecule is CC(C)(C)OC(=O)N1CC2CN(c3cccc(OCc4ccccc4)c3)CC2C1. The highest BCUT2D eigenvalue weighted by Crippen LogP contribution is 2.35. The lowest BCUT2D eigenvalue weighted by Crippen LogP contribution is -2.37. The molecule has 0 radical (unpaired) electrons. The Balaban J connectivity index is 1.33. The van der Waals surface area contributed by atoms with E-state index in [-0.39, 0.29) is 6.09 Å². The first-order valence-corrected chi connectivity index (χ1v) is 10.4. The lowest BCUT2D eigenvalue weighted by Gasteiger charge is -2.26. The van der Waals surface area contributed by atoms with E-state index < -0.39 is 5.60 Å². The predicted molar refractivity (Wildman–Crippen MR) is 114 cm³/mol. The van der Waals surface area contributed by atoms with E-state index in [1.165, 1.54) is 5.69 Å². The number of anilines is 1. The molecule has 1 amide bonds. The smallest absolute Gasteiger partial charge is 0.410 e. The standard InChI is InChI=1S/C24H30N2O3/c1-24(2,3)29-23(27)26-15-19-13-25(14-20(19)16-26)21-10-7-11-22(12-21)28-17-18-8-5-4-6-9-18/h4-12,19-20H,13-17H2,1-3H3. The van der Waals surface area contributed by atoms with Crippen LogP contribution < -0.4 is 9.64 Å². The van der Waals surface area contributed by atoms with Crippen LogP contribution in [0.2, 0.25) is 0 Å². The number of rotatable bonds is 4. The van der Waals surface area contributed by atoms with Crippen LogP contribution in [0.4, 0.5) is 10.5 Å². The van der Waals surface area contributed by atoms with Gasteiger partial charge in [0.05, 0.1) is 0 Å². The van der Waals surface area contributed by atoms with Crippen molar-refractivity contribution < 1.29 is 14.3 Å². The summed E-state index contributed by atoms with van der Waals surface area (Å²) in [5.41, 5.74) is 1.91. The fourth-order valence-electron chi connectivity index (χ4n) is 4.19. The molecule has 5 heteroatoms. The molecule has 0 aliphatic carbocycles. The number of likely N-dealkylation sites (tertiary alicyclic amines) is 1. The Kier molecular flexibility index (Phi) is 5.39. The van der Waals surface area contributed by atoms with Crippen molar-refractivity contribution in [2.24, 2.45) is 11.8 Å². The molecule has 2 saturated heterocycles. The van der Waals surface area contributed by atoms with Crippen LogP contribution in [-0.4, -0.2) is 42.8 Å². The van der Waals surface area contributed by atoms with Gasteiger partial charge in [-0.25, -0.2) is 4.79 Å². The lowest BCUT2D eigenvalue weighted by molar-refractivity contribution is 0.0282. The van der Waals surface area contributed by atoms with Gasteiger partial charge in [0.2, 0.25) is 0 Å². The zero-order valence-electron chi connectivity index (χ0n) is 17.5. The molecule has 154 valence electrons. The zero-order chi connectivity index (χ0) is 20.4. The van der Waals surface area contributed by atoms with Gasteiger partial charge in [-0.1, -0.05) is 36.4 Å². The average molecular weight is 395 g/mol. The van der Waals surface area contributed by atoms with Crippen LogP contribution in [0.15, 0.2) is 54.6 Å².